The number of hydrogen-bond donors (Lipinski definition) is 0. The zero-order valence-corrected chi connectivity index (χ0v) is 20.7. The van der Waals surface area contributed by atoms with Crippen molar-refractivity contribution >= 4 is 46.3 Å². The van der Waals surface area contributed by atoms with Gasteiger partial charge >= 0.3 is 0 Å². The second kappa shape index (κ2) is 10.8. The Morgan fingerprint density at radius 2 is 1.88 bits per heavy atom. The number of likely N-dealkylation sites (N-methyl/N-ethyl adjacent to an activating group) is 1. The van der Waals surface area contributed by atoms with Crippen LogP contribution >= 0.6 is 23.4 Å². The molecular weight excluding hydrogens is 470 g/mol. The fourth-order valence-corrected chi connectivity index (χ4v) is 4.34. The van der Waals surface area contributed by atoms with Gasteiger partial charge in [0.25, 0.3) is 5.91 Å². The molecule has 6 nitrogen and oxygen atoms in total. The van der Waals surface area contributed by atoms with E-state index in [0.29, 0.717) is 45.6 Å². The summed E-state index contributed by atoms with van der Waals surface area (Å²) in [5.74, 6) is 1.71. The van der Waals surface area contributed by atoms with Gasteiger partial charge in [0.05, 0.1) is 11.5 Å². The first-order chi connectivity index (χ1) is 16.4. The van der Waals surface area contributed by atoms with Crippen molar-refractivity contribution < 1.29 is 14.3 Å². The average Bonchev–Trinajstić information content (AvgIpc) is 3.07. The molecule has 0 aliphatic carbocycles. The van der Waals surface area contributed by atoms with Crippen molar-refractivity contribution in [1.82, 2.24) is 9.88 Å². The van der Waals surface area contributed by atoms with E-state index in [4.69, 9.17) is 21.1 Å². The van der Waals surface area contributed by atoms with Crippen molar-refractivity contribution in [2.24, 2.45) is 4.99 Å². The van der Waals surface area contributed by atoms with Crippen molar-refractivity contribution in [1.29, 1.82) is 0 Å². The summed E-state index contributed by atoms with van der Waals surface area (Å²) >= 11 is 7.27. The Labute approximate surface area is 208 Å². The number of nitrogens with zero attached hydrogens (tertiary/aromatic N) is 3. The largest absolute Gasteiger partial charge is 0.490 e. The Hall–Kier alpha value is -3.29. The highest BCUT2D eigenvalue weighted by atomic mass is 35.5. The molecular formula is C26H24ClN3O3S. The second-order valence-electron chi connectivity index (χ2n) is 7.56. The number of rotatable bonds is 7. The number of amides is 1. The van der Waals surface area contributed by atoms with E-state index in [0.717, 1.165) is 16.8 Å². The lowest BCUT2D eigenvalue weighted by Gasteiger charge is -2.13. The van der Waals surface area contributed by atoms with Gasteiger partial charge in [0.1, 0.15) is 6.61 Å². The van der Waals surface area contributed by atoms with Crippen LogP contribution in [0.25, 0.3) is 6.08 Å². The lowest BCUT2D eigenvalue weighted by atomic mass is 10.1. The third-order valence-corrected chi connectivity index (χ3v) is 6.27. The van der Waals surface area contributed by atoms with Crippen LogP contribution in [-0.2, 0) is 11.4 Å². The van der Waals surface area contributed by atoms with Crippen molar-refractivity contribution in [3.8, 4) is 11.5 Å². The molecule has 0 spiro atoms. The number of carbonyl (C=O) groups is 1. The van der Waals surface area contributed by atoms with E-state index in [9.17, 15) is 4.79 Å². The molecule has 4 rings (SSSR count). The van der Waals surface area contributed by atoms with Gasteiger partial charge in [-0.25, -0.2) is 9.98 Å². The standard InChI is InChI=1S/C26H24ClN3O3S/c1-4-32-22-14-19(10-13-21(22)33-16-18-8-11-20(27)12-9-18)15-23-25(31)30(3)26(34-23)29-24-7-5-6-17(2)28-24/h5-15H,4,16H2,1-3H3/b23-15-,29-26+. The molecule has 1 saturated heterocycles. The molecule has 34 heavy (non-hydrogen) atoms. The molecule has 174 valence electrons. The monoisotopic (exact) mass is 493 g/mol. The fraction of sp³-hybridized carbons (Fsp3) is 0.192. The van der Waals surface area contributed by atoms with Crippen LogP contribution in [0.15, 0.2) is 70.6 Å². The molecule has 0 bridgehead atoms. The summed E-state index contributed by atoms with van der Waals surface area (Å²) in [5, 5.41) is 1.27. The Kier molecular flexibility index (Phi) is 7.55. The van der Waals surface area contributed by atoms with Gasteiger partial charge in [-0.2, -0.15) is 0 Å². The van der Waals surface area contributed by atoms with Gasteiger partial charge in [0, 0.05) is 17.8 Å². The quantitative estimate of drug-likeness (QED) is 0.364. The Morgan fingerprint density at radius 1 is 1.09 bits per heavy atom. The number of hydrogen-bond acceptors (Lipinski definition) is 6. The number of aromatic nitrogens is 1. The van der Waals surface area contributed by atoms with Crippen LogP contribution < -0.4 is 9.47 Å². The minimum atomic E-state index is -0.113. The highest BCUT2D eigenvalue weighted by Crippen LogP contribution is 2.35. The van der Waals surface area contributed by atoms with E-state index < -0.39 is 0 Å². The van der Waals surface area contributed by atoms with E-state index in [-0.39, 0.29) is 5.91 Å². The minimum absolute atomic E-state index is 0.113. The first-order valence-electron chi connectivity index (χ1n) is 10.8. The number of amidine groups is 1. The number of halogens is 1. The van der Waals surface area contributed by atoms with Crippen LogP contribution in [-0.4, -0.2) is 34.6 Å². The van der Waals surface area contributed by atoms with E-state index in [1.165, 1.54) is 16.7 Å². The van der Waals surface area contributed by atoms with Gasteiger partial charge in [0.15, 0.2) is 22.5 Å². The number of aliphatic imine (C=N–C) groups is 1. The maximum Gasteiger partial charge on any atom is 0.266 e. The molecule has 0 N–H and O–H groups in total. The molecule has 0 saturated carbocycles. The van der Waals surface area contributed by atoms with Crippen molar-refractivity contribution in [3.05, 3.63) is 87.4 Å². The van der Waals surface area contributed by atoms with Gasteiger partial charge in [-0.3, -0.25) is 9.69 Å². The molecule has 1 fully saturated rings. The predicted molar refractivity (Wildman–Crippen MR) is 138 cm³/mol. The molecule has 0 atom stereocenters. The minimum Gasteiger partial charge on any atom is -0.490 e. The summed E-state index contributed by atoms with van der Waals surface area (Å²) in [6.07, 6.45) is 1.83. The zero-order valence-electron chi connectivity index (χ0n) is 19.1. The molecule has 3 aromatic rings. The summed E-state index contributed by atoms with van der Waals surface area (Å²) < 4.78 is 11.8. The first kappa shape index (κ1) is 23.9. The normalized spacial score (nSPS) is 15.9. The Balaban J connectivity index is 1.54. The SMILES string of the molecule is CCOc1cc(/C=C2\S/C(=N/c3cccc(C)n3)N(C)C2=O)ccc1OCc1ccc(Cl)cc1. The summed E-state index contributed by atoms with van der Waals surface area (Å²) in [6.45, 7) is 4.71. The maximum absolute atomic E-state index is 12.8. The van der Waals surface area contributed by atoms with Crippen LogP contribution in [0.3, 0.4) is 0 Å². The highest BCUT2D eigenvalue weighted by molar-refractivity contribution is 8.18. The lowest BCUT2D eigenvalue weighted by Crippen LogP contribution is -2.23. The number of ether oxygens (including phenoxy) is 2. The van der Waals surface area contributed by atoms with Crippen molar-refractivity contribution in [3.63, 3.8) is 0 Å². The van der Waals surface area contributed by atoms with Crippen LogP contribution in [0.4, 0.5) is 5.82 Å². The molecule has 1 aliphatic heterocycles. The molecule has 1 amide bonds. The first-order valence-corrected chi connectivity index (χ1v) is 12.0. The lowest BCUT2D eigenvalue weighted by molar-refractivity contribution is -0.121. The molecule has 2 aromatic carbocycles. The molecule has 0 unspecified atom stereocenters. The third-order valence-electron chi connectivity index (χ3n) is 4.96. The summed E-state index contributed by atoms with van der Waals surface area (Å²) in [5.41, 5.74) is 2.71. The van der Waals surface area contributed by atoms with Gasteiger partial charge < -0.3 is 9.47 Å². The number of aryl methyl sites for hydroxylation is 1. The highest BCUT2D eigenvalue weighted by Gasteiger charge is 2.30. The Bertz CT molecular complexity index is 1260. The molecule has 8 heteroatoms. The third kappa shape index (κ3) is 5.79. The molecule has 2 heterocycles. The van der Waals surface area contributed by atoms with Crippen LogP contribution in [0.5, 0.6) is 11.5 Å². The maximum atomic E-state index is 12.8. The summed E-state index contributed by atoms with van der Waals surface area (Å²) in [7, 11) is 1.71. The van der Waals surface area contributed by atoms with E-state index >= 15 is 0 Å². The number of benzene rings is 2. The van der Waals surface area contributed by atoms with Gasteiger partial charge in [-0.1, -0.05) is 35.9 Å². The number of pyridine rings is 1. The van der Waals surface area contributed by atoms with E-state index in [1.807, 2.05) is 80.6 Å². The number of carbonyl (C=O) groups excluding carboxylic acids is 1. The fourth-order valence-electron chi connectivity index (χ4n) is 3.24. The average molecular weight is 494 g/mol. The predicted octanol–water partition coefficient (Wildman–Crippen LogP) is 6.25. The molecule has 1 aliphatic rings. The second-order valence-corrected chi connectivity index (χ2v) is 9.01. The molecule has 0 radical (unpaired) electrons. The van der Waals surface area contributed by atoms with E-state index in [2.05, 4.69) is 9.98 Å². The van der Waals surface area contributed by atoms with Crippen LogP contribution in [0.2, 0.25) is 5.02 Å². The van der Waals surface area contributed by atoms with Gasteiger partial charge in [-0.15, -0.1) is 0 Å². The van der Waals surface area contributed by atoms with Crippen molar-refractivity contribution in [2.45, 2.75) is 20.5 Å². The smallest absolute Gasteiger partial charge is 0.266 e. The van der Waals surface area contributed by atoms with Crippen LogP contribution in [0, 0.1) is 6.92 Å². The van der Waals surface area contributed by atoms with Crippen molar-refractivity contribution in [2.75, 3.05) is 13.7 Å². The van der Waals surface area contributed by atoms with Crippen LogP contribution in [0.1, 0.15) is 23.7 Å². The van der Waals surface area contributed by atoms with E-state index in [1.54, 1.807) is 7.05 Å². The summed E-state index contributed by atoms with van der Waals surface area (Å²) in [4.78, 5) is 23.9. The Morgan fingerprint density at radius 3 is 2.62 bits per heavy atom. The van der Waals surface area contributed by atoms with Gasteiger partial charge in [-0.05, 0) is 79.2 Å². The topological polar surface area (TPSA) is 64.0 Å². The van der Waals surface area contributed by atoms with Gasteiger partial charge in [0.2, 0.25) is 0 Å². The summed E-state index contributed by atoms with van der Waals surface area (Å²) in [6, 6.07) is 18.8. The number of thioether (sulfide) groups is 1. The zero-order chi connectivity index (χ0) is 24.1. The molecule has 1 aromatic heterocycles.